The van der Waals surface area contributed by atoms with E-state index in [2.05, 4.69) is 65.6 Å². The first kappa shape index (κ1) is 18.5. The van der Waals surface area contributed by atoms with E-state index >= 15 is 0 Å². The topological polar surface area (TPSA) is 53.7 Å². The van der Waals surface area contributed by atoms with Crippen LogP contribution in [0.4, 0.5) is 0 Å². The molecule has 0 bridgehead atoms. The Morgan fingerprint density at radius 3 is 2.65 bits per heavy atom. The van der Waals surface area contributed by atoms with Gasteiger partial charge in [-0.1, -0.05) is 45.0 Å². The quantitative estimate of drug-likeness (QED) is 0.516. The maximum Gasteiger partial charge on any atom is 0.193 e. The molecule has 6 heteroatoms. The van der Waals surface area contributed by atoms with Crippen molar-refractivity contribution in [3.63, 3.8) is 0 Å². The van der Waals surface area contributed by atoms with Gasteiger partial charge in [-0.3, -0.25) is 9.39 Å². The Morgan fingerprint density at radius 2 is 2.00 bits per heavy atom. The molecule has 0 aliphatic carbocycles. The molecule has 0 radical (unpaired) electrons. The Hall–Kier alpha value is -2.34. The van der Waals surface area contributed by atoms with Crippen LogP contribution in [0.3, 0.4) is 0 Å². The highest BCUT2D eigenvalue weighted by atomic mass is 32.1. The molecule has 3 rings (SSSR count). The van der Waals surface area contributed by atoms with E-state index in [1.54, 1.807) is 18.4 Å². The molecule has 0 fully saturated rings. The molecule has 0 amide bonds. The zero-order valence-corrected chi connectivity index (χ0v) is 16.7. The fraction of sp³-hybridized carbons (Fsp3) is 0.400. The number of fused-ring (bicyclic) bond motifs is 1. The molecule has 5 nitrogen and oxygen atoms in total. The SMILES string of the molecule is CCc1ccc(C(C)(C)CNC(=NC)NCc2cn3ccsc3n2)cc1. The van der Waals surface area contributed by atoms with Crippen LogP contribution in [0.2, 0.25) is 0 Å². The van der Waals surface area contributed by atoms with Crippen molar-refractivity contribution in [2.24, 2.45) is 4.99 Å². The van der Waals surface area contributed by atoms with Crippen molar-refractivity contribution < 1.29 is 0 Å². The predicted octanol–water partition coefficient (Wildman–Crippen LogP) is 3.60. The summed E-state index contributed by atoms with van der Waals surface area (Å²) in [4.78, 5) is 9.93. The smallest absolute Gasteiger partial charge is 0.193 e. The normalized spacial score (nSPS) is 12.5. The van der Waals surface area contributed by atoms with E-state index < -0.39 is 0 Å². The van der Waals surface area contributed by atoms with Crippen molar-refractivity contribution in [3.05, 3.63) is 58.9 Å². The van der Waals surface area contributed by atoms with Gasteiger partial charge in [-0.05, 0) is 17.5 Å². The summed E-state index contributed by atoms with van der Waals surface area (Å²) in [5.41, 5.74) is 3.72. The van der Waals surface area contributed by atoms with E-state index in [1.165, 1.54) is 11.1 Å². The summed E-state index contributed by atoms with van der Waals surface area (Å²) in [5.74, 6) is 0.791. The number of hydrogen-bond acceptors (Lipinski definition) is 3. The van der Waals surface area contributed by atoms with Crippen LogP contribution >= 0.6 is 11.3 Å². The summed E-state index contributed by atoms with van der Waals surface area (Å²) in [5, 5.41) is 8.82. The minimum atomic E-state index is 0.0148. The highest BCUT2D eigenvalue weighted by Gasteiger charge is 2.20. The molecule has 26 heavy (non-hydrogen) atoms. The van der Waals surface area contributed by atoms with Gasteiger partial charge in [-0.2, -0.15) is 0 Å². The van der Waals surface area contributed by atoms with Crippen LogP contribution in [0, 0.1) is 0 Å². The van der Waals surface area contributed by atoms with E-state index in [0.29, 0.717) is 6.54 Å². The lowest BCUT2D eigenvalue weighted by Crippen LogP contribution is -2.43. The van der Waals surface area contributed by atoms with Crippen LogP contribution in [-0.2, 0) is 18.4 Å². The lowest BCUT2D eigenvalue weighted by molar-refractivity contribution is 0.508. The first-order valence-electron chi connectivity index (χ1n) is 8.97. The number of rotatable bonds is 6. The Morgan fingerprint density at radius 1 is 1.23 bits per heavy atom. The third-order valence-corrected chi connectivity index (χ3v) is 5.42. The number of benzene rings is 1. The fourth-order valence-electron chi connectivity index (χ4n) is 2.85. The van der Waals surface area contributed by atoms with Gasteiger partial charge in [-0.15, -0.1) is 11.3 Å². The summed E-state index contributed by atoms with van der Waals surface area (Å²) in [6.45, 7) is 8.13. The van der Waals surface area contributed by atoms with E-state index in [4.69, 9.17) is 0 Å². The molecule has 2 heterocycles. The first-order valence-corrected chi connectivity index (χ1v) is 9.85. The molecule has 2 aromatic heterocycles. The largest absolute Gasteiger partial charge is 0.356 e. The number of guanidine groups is 1. The molecule has 0 spiro atoms. The second-order valence-corrected chi connectivity index (χ2v) is 7.91. The summed E-state index contributed by atoms with van der Waals surface area (Å²) < 4.78 is 2.04. The predicted molar refractivity (Wildman–Crippen MR) is 110 cm³/mol. The van der Waals surface area contributed by atoms with Gasteiger partial charge < -0.3 is 10.6 Å². The van der Waals surface area contributed by atoms with Crippen molar-refractivity contribution in [1.82, 2.24) is 20.0 Å². The van der Waals surface area contributed by atoms with Gasteiger partial charge in [0.1, 0.15) is 0 Å². The van der Waals surface area contributed by atoms with E-state index in [9.17, 15) is 0 Å². The first-order chi connectivity index (χ1) is 12.5. The number of hydrogen-bond donors (Lipinski definition) is 2. The number of imidazole rings is 1. The zero-order valence-electron chi connectivity index (χ0n) is 15.9. The highest BCUT2D eigenvalue weighted by molar-refractivity contribution is 7.15. The molecule has 2 N–H and O–H groups in total. The molecule has 1 aromatic carbocycles. The Bertz CT molecular complexity index is 845. The Balaban J connectivity index is 1.56. The molecular formula is C20H27N5S. The molecule has 0 saturated carbocycles. The number of nitrogens with one attached hydrogen (secondary N) is 2. The van der Waals surface area contributed by atoms with Gasteiger partial charge >= 0.3 is 0 Å². The third-order valence-electron chi connectivity index (χ3n) is 4.65. The van der Waals surface area contributed by atoms with Gasteiger partial charge in [0.05, 0.1) is 12.2 Å². The molecular weight excluding hydrogens is 342 g/mol. The maximum absolute atomic E-state index is 4.59. The number of aliphatic imine (C=N–C) groups is 1. The molecule has 0 aliphatic heterocycles. The van der Waals surface area contributed by atoms with Gasteiger partial charge in [0.2, 0.25) is 0 Å². The summed E-state index contributed by atoms with van der Waals surface area (Å²) in [7, 11) is 1.80. The second-order valence-electron chi connectivity index (χ2n) is 7.04. The second kappa shape index (κ2) is 7.91. The lowest BCUT2D eigenvalue weighted by atomic mass is 9.84. The van der Waals surface area contributed by atoms with Crippen molar-refractivity contribution >= 4 is 22.3 Å². The molecule has 3 aromatic rings. The minimum absolute atomic E-state index is 0.0148. The summed E-state index contributed by atoms with van der Waals surface area (Å²) >= 11 is 1.64. The van der Waals surface area contributed by atoms with Crippen LogP contribution < -0.4 is 10.6 Å². The fourth-order valence-corrected chi connectivity index (χ4v) is 3.57. The number of thiazole rings is 1. The Kier molecular flexibility index (Phi) is 5.61. The van der Waals surface area contributed by atoms with Crippen LogP contribution in [0.1, 0.15) is 37.6 Å². The van der Waals surface area contributed by atoms with Crippen molar-refractivity contribution in [1.29, 1.82) is 0 Å². The van der Waals surface area contributed by atoms with Gasteiger partial charge in [0.15, 0.2) is 10.9 Å². The van der Waals surface area contributed by atoms with Gasteiger partial charge in [0, 0.05) is 36.8 Å². The molecule has 0 aliphatic rings. The average molecular weight is 370 g/mol. The maximum atomic E-state index is 4.59. The van der Waals surface area contributed by atoms with Crippen molar-refractivity contribution in [2.75, 3.05) is 13.6 Å². The third kappa shape index (κ3) is 4.25. The number of aromatic nitrogens is 2. The van der Waals surface area contributed by atoms with E-state index in [1.807, 2.05) is 22.2 Å². The van der Waals surface area contributed by atoms with E-state index in [-0.39, 0.29) is 5.41 Å². The minimum Gasteiger partial charge on any atom is -0.356 e. The van der Waals surface area contributed by atoms with Crippen LogP contribution in [0.5, 0.6) is 0 Å². The Labute approximate surface area is 159 Å². The average Bonchev–Trinajstić information content (AvgIpc) is 3.23. The molecule has 138 valence electrons. The number of nitrogens with zero attached hydrogens (tertiary/aromatic N) is 3. The van der Waals surface area contributed by atoms with Crippen LogP contribution in [0.15, 0.2) is 47.0 Å². The lowest BCUT2D eigenvalue weighted by Gasteiger charge is -2.27. The monoisotopic (exact) mass is 369 g/mol. The van der Waals surface area contributed by atoms with Crippen LogP contribution in [0.25, 0.3) is 4.96 Å². The standard InChI is InChI=1S/C20H27N5S/c1-5-15-6-8-16(9-7-15)20(2,3)14-23-18(21-4)22-12-17-13-25-10-11-26-19(25)24-17/h6-11,13H,5,12,14H2,1-4H3,(H2,21,22,23). The van der Waals surface area contributed by atoms with Crippen molar-refractivity contribution in [2.45, 2.75) is 39.2 Å². The van der Waals surface area contributed by atoms with Gasteiger partial charge in [-0.25, -0.2) is 4.98 Å². The number of aryl methyl sites for hydroxylation is 1. The molecule has 0 atom stereocenters. The van der Waals surface area contributed by atoms with Crippen molar-refractivity contribution in [3.8, 4) is 0 Å². The highest BCUT2D eigenvalue weighted by Crippen LogP contribution is 2.22. The van der Waals surface area contributed by atoms with E-state index in [0.717, 1.165) is 29.6 Å². The summed E-state index contributed by atoms with van der Waals surface area (Å²) in [6.07, 6.45) is 5.14. The zero-order chi connectivity index (χ0) is 18.6. The van der Waals surface area contributed by atoms with Gasteiger partial charge in [0.25, 0.3) is 0 Å². The molecule has 0 unspecified atom stereocenters. The summed E-state index contributed by atoms with van der Waals surface area (Å²) in [6, 6.07) is 8.90. The molecule has 0 saturated heterocycles. The van der Waals surface area contributed by atoms with Crippen LogP contribution in [-0.4, -0.2) is 28.9 Å².